The molecule has 1 aromatic rings. The third kappa shape index (κ3) is 3.96. The number of hydrogen-bond donors (Lipinski definition) is 1. The first-order chi connectivity index (χ1) is 9.71. The molecule has 0 radical (unpaired) electrons. The van der Waals surface area contributed by atoms with Crippen LogP contribution >= 0.6 is 0 Å². The van der Waals surface area contributed by atoms with Crippen LogP contribution in [0.4, 0.5) is 10.1 Å². The molecule has 0 bridgehead atoms. The number of nitrogens with zero attached hydrogens (tertiary/aromatic N) is 2. The molecule has 0 aliphatic rings. The summed E-state index contributed by atoms with van der Waals surface area (Å²) in [7, 11) is -4.12. The van der Waals surface area contributed by atoms with Crippen molar-refractivity contribution in [2.45, 2.75) is 31.2 Å². The quantitative estimate of drug-likeness (QED) is 0.606. The lowest BCUT2D eigenvalue weighted by Crippen LogP contribution is -2.38. The zero-order valence-corrected chi connectivity index (χ0v) is 12.5. The summed E-state index contributed by atoms with van der Waals surface area (Å²) in [5.74, 6) is -1.17. The number of aliphatic hydroxyl groups excluding tert-OH is 1. The second-order valence-electron chi connectivity index (χ2n) is 4.66. The molecule has 0 saturated heterocycles. The van der Waals surface area contributed by atoms with Gasteiger partial charge in [-0.25, -0.2) is 12.8 Å². The van der Waals surface area contributed by atoms with Gasteiger partial charge in [0.15, 0.2) is 0 Å². The van der Waals surface area contributed by atoms with E-state index in [9.17, 15) is 22.9 Å². The van der Waals surface area contributed by atoms with Gasteiger partial charge in [-0.15, -0.1) is 0 Å². The molecule has 1 aromatic carbocycles. The standard InChI is InChI=1S/C12H17FN2O5S/c1-9(2)14(6-3-7-16)21(19,20)12-5-4-10(15(17)18)8-11(12)13/h4-5,8-9,16H,3,6-7H2,1-2H3. The van der Waals surface area contributed by atoms with Crippen LogP contribution in [0.1, 0.15) is 20.3 Å². The Bertz CT molecular complexity index is 618. The second kappa shape index (κ2) is 6.92. The molecule has 0 fully saturated rings. The normalized spacial score (nSPS) is 12.1. The summed E-state index contributed by atoms with van der Waals surface area (Å²) in [6, 6.07) is 1.98. The number of nitro benzene ring substituents is 1. The lowest BCUT2D eigenvalue weighted by molar-refractivity contribution is -0.385. The molecule has 0 amide bonds. The van der Waals surface area contributed by atoms with Gasteiger partial charge in [0, 0.05) is 25.3 Å². The van der Waals surface area contributed by atoms with Crippen molar-refractivity contribution < 1.29 is 22.8 Å². The second-order valence-corrected chi connectivity index (χ2v) is 6.52. The Morgan fingerprint density at radius 1 is 1.43 bits per heavy atom. The molecule has 0 aliphatic carbocycles. The van der Waals surface area contributed by atoms with Crippen molar-refractivity contribution in [3.05, 3.63) is 34.1 Å². The number of nitro groups is 1. The minimum Gasteiger partial charge on any atom is -0.396 e. The van der Waals surface area contributed by atoms with E-state index in [4.69, 9.17) is 5.11 Å². The summed E-state index contributed by atoms with van der Waals surface area (Å²) in [5, 5.41) is 19.4. The van der Waals surface area contributed by atoms with E-state index in [1.54, 1.807) is 13.8 Å². The van der Waals surface area contributed by atoms with Gasteiger partial charge >= 0.3 is 0 Å². The van der Waals surface area contributed by atoms with Crippen LogP contribution in [0, 0.1) is 15.9 Å². The maximum atomic E-state index is 13.9. The first-order valence-corrected chi connectivity index (χ1v) is 7.72. The Morgan fingerprint density at radius 3 is 2.48 bits per heavy atom. The minimum atomic E-state index is -4.12. The monoisotopic (exact) mass is 320 g/mol. The van der Waals surface area contributed by atoms with E-state index >= 15 is 0 Å². The van der Waals surface area contributed by atoms with Gasteiger partial charge in [0.05, 0.1) is 11.0 Å². The molecule has 118 valence electrons. The number of halogens is 1. The van der Waals surface area contributed by atoms with E-state index < -0.39 is 37.4 Å². The van der Waals surface area contributed by atoms with Crippen molar-refractivity contribution in [2.24, 2.45) is 0 Å². The van der Waals surface area contributed by atoms with Gasteiger partial charge in [-0.1, -0.05) is 0 Å². The molecule has 0 aromatic heterocycles. The van der Waals surface area contributed by atoms with Crippen molar-refractivity contribution >= 4 is 15.7 Å². The SMILES string of the molecule is CC(C)N(CCCO)S(=O)(=O)c1ccc([N+](=O)[O-])cc1F. The molecule has 9 heteroatoms. The molecule has 0 spiro atoms. The molecule has 0 unspecified atom stereocenters. The van der Waals surface area contributed by atoms with Gasteiger partial charge in [-0.05, 0) is 26.3 Å². The van der Waals surface area contributed by atoms with E-state index in [1.807, 2.05) is 0 Å². The Labute approximate surface area is 122 Å². The molecule has 21 heavy (non-hydrogen) atoms. The van der Waals surface area contributed by atoms with Gasteiger partial charge < -0.3 is 5.11 Å². The molecule has 1 rings (SSSR count). The fraction of sp³-hybridized carbons (Fsp3) is 0.500. The molecule has 0 heterocycles. The van der Waals surface area contributed by atoms with E-state index in [0.717, 1.165) is 16.4 Å². The summed E-state index contributed by atoms with van der Waals surface area (Å²) < 4.78 is 39.8. The van der Waals surface area contributed by atoms with Gasteiger partial charge in [-0.2, -0.15) is 4.31 Å². The summed E-state index contributed by atoms with van der Waals surface area (Å²) in [6.07, 6.45) is 0.214. The smallest absolute Gasteiger partial charge is 0.272 e. The van der Waals surface area contributed by atoms with Gasteiger partial charge in [-0.3, -0.25) is 10.1 Å². The number of benzene rings is 1. The number of aliphatic hydroxyl groups is 1. The van der Waals surface area contributed by atoms with Crippen LogP contribution < -0.4 is 0 Å². The molecular formula is C12H17FN2O5S. The van der Waals surface area contributed by atoms with Gasteiger partial charge in [0.1, 0.15) is 10.7 Å². The highest BCUT2D eigenvalue weighted by molar-refractivity contribution is 7.89. The molecule has 7 nitrogen and oxygen atoms in total. The first kappa shape index (κ1) is 17.5. The van der Waals surface area contributed by atoms with Crippen LogP contribution in [0.2, 0.25) is 0 Å². The highest BCUT2D eigenvalue weighted by Crippen LogP contribution is 2.24. The lowest BCUT2D eigenvalue weighted by Gasteiger charge is -2.25. The van der Waals surface area contributed by atoms with Crippen molar-refractivity contribution in [1.82, 2.24) is 4.31 Å². The van der Waals surface area contributed by atoms with Crippen LogP contribution in [0.15, 0.2) is 23.1 Å². The van der Waals surface area contributed by atoms with E-state index in [0.29, 0.717) is 6.07 Å². The molecule has 0 aliphatic heterocycles. The number of non-ortho nitro benzene ring substituents is 1. The lowest BCUT2D eigenvalue weighted by atomic mass is 10.3. The number of hydrogen-bond acceptors (Lipinski definition) is 5. The van der Waals surface area contributed by atoms with Crippen LogP contribution in [0.3, 0.4) is 0 Å². The van der Waals surface area contributed by atoms with Crippen LogP contribution in [-0.2, 0) is 10.0 Å². The fourth-order valence-electron chi connectivity index (χ4n) is 1.82. The molecule has 0 atom stereocenters. The van der Waals surface area contributed by atoms with E-state index in [1.165, 1.54) is 0 Å². The Balaban J connectivity index is 3.25. The van der Waals surface area contributed by atoms with Gasteiger partial charge in [0.25, 0.3) is 5.69 Å². The fourth-order valence-corrected chi connectivity index (χ4v) is 3.54. The Hall–Kier alpha value is -1.58. The van der Waals surface area contributed by atoms with Gasteiger partial charge in [0.2, 0.25) is 10.0 Å². The Morgan fingerprint density at radius 2 is 2.05 bits per heavy atom. The average molecular weight is 320 g/mol. The van der Waals surface area contributed by atoms with E-state index in [-0.39, 0.29) is 19.6 Å². The van der Waals surface area contributed by atoms with Crippen LogP contribution in [0.5, 0.6) is 0 Å². The van der Waals surface area contributed by atoms with Crippen molar-refractivity contribution in [3.8, 4) is 0 Å². The van der Waals surface area contributed by atoms with Crippen LogP contribution in [0.25, 0.3) is 0 Å². The van der Waals surface area contributed by atoms with Crippen LogP contribution in [-0.4, -0.2) is 41.9 Å². The zero-order valence-electron chi connectivity index (χ0n) is 11.7. The number of rotatable bonds is 7. The average Bonchev–Trinajstić information content (AvgIpc) is 2.37. The maximum Gasteiger partial charge on any atom is 0.272 e. The summed E-state index contributed by atoms with van der Waals surface area (Å²) >= 11 is 0. The largest absolute Gasteiger partial charge is 0.396 e. The topological polar surface area (TPSA) is 101 Å². The molecular weight excluding hydrogens is 303 g/mol. The highest BCUT2D eigenvalue weighted by Gasteiger charge is 2.30. The predicted octanol–water partition coefficient (Wildman–Crippen LogP) is 1.52. The first-order valence-electron chi connectivity index (χ1n) is 6.28. The predicted molar refractivity (Wildman–Crippen MR) is 73.8 cm³/mol. The van der Waals surface area contributed by atoms with Crippen molar-refractivity contribution in [1.29, 1.82) is 0 Å². The Kier molecular flexibility index (Phi) is 5.76. The zero-order chi connectivity index (χ0) is 16.2. The van der Waals surface area contributed by atoms with E-state index in [2.05, 4.69) is 0 Å². The molecule has 1 N–H and O–H groups in total. The molecule has 0 saturated carbocycles. The maximum absolute atomic E-state index is 13.9. The summed E-state index contributed by atoms with van der Waals surface area (Å²) in [4.78, 5) is 9.14. The third-order valence-electron chi connectivity index (χ3n) is 2.83. The minimum absolute atomic E-state index is 0.0347. The summed E-state index contributed by atoms with van der Waals surface area (Å²) in [6.45, 7) is 3.09. The van der Waals surface area contributed by atoms with Crippen molar-refractivity contribution in [3.63, 3.8) is 0 Å². The highest BCUT2D eigenvalue weighted by atomic mass is 32.2. The third-order valence-corrected chi connectivity index (χ3v) is 4.93. The number of sulfonamides is 1. The summed E-state index contributed by atoms with van der Waals surface area (Å²) in [5.41, 5.74) is -0.516. The van der Waals surface area contributed by atoms with Crippen molar-refractivity contribution in [2.75, 3.05) is 13.2 Å².